The molecule has 82 valence electrons. The van der Waals surface area contributed by atoms with Crippen LogP contribution in [0, 0.1) is 11.3 Å². The first-order valence-corrected chi connectivity index (χ1v) is 5.31. The molecule has 0 radical (unpaired) electrons. The molecule has 2 aromatic rings. The van der Waals surface area contributed by atoms with Crippen LogP contribution in [0.1, 0.15) is 5.56 Å². The molecule has 17 heavy (non-hydrogen) atoms. The van der Waals surface area contributed by atoms with E-state index in [0.717, 1.165) is 5.56 Å². The molecule has 1 aliphatic heterocycles. The molecular formula is C14H9NO2. The minimum atomic E-state index is 0.373. The number of nitriles is 1. The van der Waals surface area contributed by atoms with Gasteiger partial charge in [0.05, 0.1) is 12.5 Å². The lowest BCUT2D eigenvalue weighted by molar-refractivity contribution is 0.359. The first-order chi connectivity index (χ1) is 8.36. The van der Waals surface area contributed by atoms with E-state index in [1.54, 1.807) is 0 Å². The summed E-state index contributed by atoms with van der Waals surface area (Å²) in [6, 6.07) is 15.2. The summed E-state index contributed by atoms with van der Waals surface area (Å²) in [7, 11) is 0. The summed E-state index contributed by atoms with van der Waals surface area (Å²) < 4.78 is 11.4. The van der Waals surface area contributed by atoms with Gasteiger partial charge in [0.15, 0.2) is 23.0 Å². The maximum atomic E-state index is 8.66. The number of fused-ring (bicyclic) bond motifs is 2. The minimum absolute atomic E-state index is 0.373. The van der Waals surface area contributed by atoms with Crippen LogP contribution in [-0.2, 0) is 6.42 Å². The molecule has 0 N–H and O–H groups in total. The highest BCUT2D eigenvalue weighted by Gasteiger charge is 2.17. The van der Waals surface area contributed by atoms with Gasteiger partial charge in [-0.2, -0.15) is 5.26 Å². The highest BCUT2D eigenvalue weighted by molar-refractivity contribution is 5.55. The Morgan fingerprint density at radius 2 is 1.53 bits per heavy atom. The molecule has 0 amide bonds. The predicted octanol–water partition coefficient (Wildman–Crippen LogP) is 3.65. The molecule has 3 rings (SSSR count). The molecule has 1 aliphatic rings. The quantitative estimate of drug-likeness (QED) is 0.632. The molecule has 1 heterocycles. The van der Waals surface area contributed by atoms with Crippen molar-refractivity contribution in [2.24, 2.45) is 0 Å². The average Bonchev–Trinajstić information content (AvgIpc) is 2.36. The molecule has 0 saturated carbocycles. The predicted molar refractivity (Wildman–Crippen MR) is 62.3 cm³/mol. The van der Waals surface area contributed by atoms with E-state index in [4.69, 9.17) is 14.7 Å². The standard InChI is InChI=1S/C14H9NO2/c15-8-7-10-5-6-13-14(9-10)17-12-4-2-1-3-11(12)16-13/h1-6,9H,7H2. The van der Waals surface area contributed by atoms with Crippen molar-refractivity contribution >= 4 is 0 Å². The first-order valence-electron chi connectivity index (χ1n) is 5.31. The first kappa shape index (κ1) is 9.73. The van der Waals surface area contributed by atoms with Gasteiger partial charge in [-0.3, -0.25) is 0 Å². The second-order valence-corrected chi connectivity index (χ2v) is 3.77. The molecule has 0 aliphatic carbocycles. The van der Waals surface area contributed by atoms with E-state index in [9.17, 15) is 0 Å². The molecule has 0 atom stereocenters. The molecule has 0 unspecified atom stereocenters. The van der Waals surface area contributed by atoms with Crippen LogP contribution in [-0.4, -0.2) is 0 Å². The van der Waals surface area contributed by atoms with Crippen molar-refractivity contribution in [3.8, 4) is 29.1 Å². The summed E-state index contributed by atoms with van der Waals surface area (Å²) in [5.74, 6) is 2.77. The largest absolute Gasteiger partial charge is 0.450 e. The Balaban J connectivity index is 2.01. The fourth-order valence-corrected chi connectivity index (χ4v) is 1.77. The number of nitrogens with zero attached hydrogens (tertiary/aromatic N) is 1. The van der Waals surface area contributed by atoms with Crippen molar-refractivity contribution in [3.63, 3.8) is 0 Å². The number of hydrogen-bond acceptors (Lipinski definition) is 3. The molecule has 0 fully saturated rings. The molecule has 2 aromatic carbocycles. The maximum Gasteiger partial charge on any atom is 0.170 e. The highest BCUT2D eigenvalue weighted by atomic mass is 16.6. The van der Waals surface area contributed by atoms with Gasteiger partial charge in [0, 0.05) is 0 Å². The Kier molecular flexibility index (Phi) is 2.20. The molecule has 3 nitrogen and oxygen atoms in total. The molecule has 0 aromatic heterocycles. The van der Waals surface area contributed by atoms with Crippen LogP contribution in [0.4, 0.5) is 0 Å². The Morgan fingerprint density at radius 1 is 0.882 bits per heavy atom. The van der Waals surface area contributed by atoms with Crippen molar-refractivity contribution in [3.05, 3.63) is 48.0 Å². The second kappa shape index (κ2) is 3.84. The van der Waals surface area contributed by atoms with Crippen molar-refractivity contribution in [1.82, 2.24) is 0 Å². The van der Waals surface area contributed by atoms with Gasteiger partial charge < -0.3 is 9.47 Å². The Bertz CT molecular complexity index is 614. The summed E-state index contributed by atoms with van der Waals surface area (Å²) in [6.07, 6.45) is 0.373. The maximum absolute atomic E-state index is 8.66. The fraction of sp³-hybridized carbons (Fsp3) is 0.0714. The third-order valence-electron chi connectivity index (χ3n) is 2.58. The van der Waals surface area contributed by atoms with E-state index in [2.05, 4.69) is 6.07 Å². The molecule has 0 bridgehead atoms. The molecule has 0 saturated heterocycles. The SMILES string of the molecule is N#CCc1ccc2c(c1)Oc1ccccc1O2. The zero-order chi connectivity index (χ0) is 11.7. The normalized spacial score (nSPS) is 11.5. The lowest BCUT2D eigenvalue weighted by atomic mass is 10.1. The smallest absolute Gasteiger partial charge is 0.170 e. The van der Waals surface area contributed by atoms with Gasteiger partial charge in [-0.25, -0.2) is 0 Å². The van der Waals surface area contributed by atoms with Crippen LogP contribution in [0.25, 0.3) is 0 Å². The van der Waals surface area contributed by atoms with Gasteiger partial charge in [0.1, 0.15) is 0 Å². The van der Waals surface area contributed by atoms with E-state index >= 15 is 0 Å². The van der Waals surface area contributed by atoms with Gasteiger partial charge in [-0.15, -0.1) is 0 Å². The Labute approximate surface area is 98.8 Å². The van der Waals surface area contributed by atoms with Crippen LogP contribution in [0.5, 0.6) is 23.0 Å². The van der Waals surface area contributed by atoms with Crippen molar-refractivity contribution in [1.29, 1.82) is 5.26 Å². The average molecular weight is 223 g/mol. The summed E-state index contributed by atoms with van der Waals surface area (Å²) in [4.78, 5) is 0. The summed E-state index contributed by atoms with van der Waals surface area (Å²) in [5, 5.41) is 8.66. The number of hydrogen-bond donors (Lipinski definition) is 0. The third kappa shape index (κ3) is 1.70. The Hall–Kier alpha value is -2.47. The lowest BCUT2D eigenvalue weighted by Crippen LogP contribution is -1.99. The monoisotopic (exact) mass is 223 g/mol. The molecule has 3 heteroatoms. The molecule has 0 spiro atoms. The van der Waals surface area contributed by atoms with Gasteiger partial charge in [-0.05, 0) is 29.8 Å². The fourth-order valence-electron chi connectivity index (χ4n) is 1.77. The number of ether oxygens (including phenoxy) is 2. The molecular weight excluding hydrogens is 214 g/mol. The third-order valence-corrected chi connectivity index (χ3v) is 2.58. The van der Waals surface area contributed by atoms with Crippen molar-refractivity contribution in [2.45, 2.75) is 6.42 Å². The van der Waals surface area contributed by atoms with Crippen molar-refractivity contribution < 1.29 is 9.47 Å². The summed E-state index contributed by atoms with van der Waals surface area (Å²) in [5.41, 5.74) is 0.925. The number of para-hydroxylation sites is 2. The van der Waals surface area contributed by atoms with Crippen LogP contribution in [0.3, 0.4) is 0 Å². The van der Waals surface area contributed by atoms with Crippen LogP contribution in [0.2, 0.25) is 0 Å². The van der Waals surface area contributed by atoms with Gasteiger partial charge in [0.2, 0.25) is 0 Å². The van der Waals surface area contributed by atoms with Gasteiger partial charge in [-0.1, -0.05) is 18.2 Å². The minimum Gasteiger partial charge on any atom is -0.450 e. The van der Waals surface area contributed by atoms with E-state index in [1.807, 2.05) is 42.5 Å². The van der Waals surface area contributed by atoms with Crippen LogP contribution < -0.4 is 9.47 Å². The second-order valence-electron chi connectivity index (χ2n) is 3.77. The van der Waals surface area contributed by atoms with Crippen molar-refractivity contribution in [2.75, 3.05) is 0 Å². The highest BCUT2D eigenvalue weighted by Crippen LogP contribution is 2.45. The lowest BCUT2D eigenvalue weighted by Gasteiger charge is -2.20. The zero-order valence-electron chi connectivity index (χ0n) is 9.01. The van der Waals surface area contributed by atoms with E-state index in [0.29, 0.717) is 29.4 Å². The summed E-state index contributed by atoms with van der Waals surface area (Å²) >= 11 is 0. The van der Waals surface area contributed by atoms with E-state index < -0.39 is 0 Å². The van der Waals surface area contributed by atoms with E-state index in [1.165, 1.54) is 0 Å². The van der Waals surface area contributed by atoms with E-state index in [-0.39, 0.29) is 0 Å². The van der Waals surface area contributed by atoms with Crippen LogP contribution in [0.15, 0.2) is 42.5 Å². The number of rotatable bonds is 1. The Morgan fingerprint density at radius 3 is 2.24 bits per heavy atom. The topological polar surface area (TPSA) is 42.2 Å². The van der Waals surface area contributed by atoms with Crippen LogP contribution >= 0.6 is 0 Å². The van der Waals surface area contributed by atoms with Gasteiger partial charge in [0.25, 0.3) is 0 Å². The zero-order valence-corrected chi connectivity index (χ0v) is 9.01. The summed E-state index contributed by atoms with van der Waals surface area (Å²) in [6.45, 7) is 0. The van der Waals surface area contributed by atoms with Gasteiger partial charge >= 0.3 is 0 Å². The number of benzene rings is 2.